The van der Waals surface area contributed by atoms with Crippen LogP contribution < -0.4 is 15.2 Å². The summed E-state index contributed by atoms with van der Waals surface area (Å²) >= 11 is 0. The number of nitrogen functional groups attached to an aromatic ring is 1. The van der Waals surface area contributed by atoms with Crippen LogP contribution in [0, 0.1) is 13.8 Å². The first kappa shape index (κ1) is 20.3. The summed E-state index contributed by atoms with van der Waals surface area (Å²) in [5.74, 6) is 0.714. The number of ether oxygens (including phenoxy) is 1. The number of rotatable bonds is 6. The van der Waals surface area contributed by atoms with Crippen molar-refractivity contribution in [1.82, 2.24) is 4.72 Å². The predicted octanol–water partition coefficient (Wildman–Crippen LogP) is 2.84. The Labute approximate surface area is 149 Å². The average molecular weight is 371 g/mol. The molecule has 2 rings (SSSR count). The van der Waals surface area contributed by atoms with Crippen molar-refractivity contribution in [2.45, 2.75) is 25.2 Å². The normalized spacial score (nSPS) is 11.0. The molecule has 0 aromatic heterocycles. The predicted molar refractivity (Wildman–Crippen MR) is 99.5 cm³/mol. The van der Waals surface area contributed by atoms with Gasteiger partial charge in [-0.1, -0.05) is 12.1 Å². The van der Waals surface area contributed by atoms with Crippen LogP contribution in [0.25, 0.3) is 0 Å². The van der Waals surface area contributed by atoms with Crippen molar-refractivity contribution in [2.24, 2.45) is 0 Å². The second-order valence-corrected chi connectivity index (χ2v) is 7.25. The van der Waals surface area contributed by atoms with Gasteiger partial charge >= 0.3 is 0 Å². The van der Waals surface area contributed by atoms with E-state index in [1.807, 2.05) is 26.0 Å². The lowest BCUT2D eigenvalue weighted by atomic mass is 10.1. The van der Waals surface area contributed by atoms with Crippen molar-refractivity contribution < 1.29 is 13.2 Å². The molecule has 0 amide bonds. The van der Waals surface area contributed by atoms with E-state index < -0.39 is 10.0 Å². The van der Waals surface area contributed by atoms with Gasteiger partial charge in [0.2, 0.25) is 10.0 Å². The van der Waals surface area contributed by atoms with Gasteiger partial charge in [0.05, 0.1) is 12.0 Å². The summed E-state index contributed by atoms with van der Waals surface area (Å²) in [5, 5.41) is 0. The molecule has 0 bridgehead atoms. The lowest BCUT2D eigenvalue weighted by molar-refractivity contribution is 0.408. The van der Waals surface area contributed by atoms with Crippen LogP contribution in [-0.4, -0.2) is 22.1 Å². The van der Waals surface area contributed by atoms with Crippen molar-refractivity contribution in [3.05, 3.63) is 53.1 Å². The summed E-state index contributed by atoms with van der Waals surface area (Å²) in [6.45, 7) is 3.99. The lowest BCUT2D eigenvalue weighted by Crippen LogP contribution is -2.26. The van der Waals surface area contributed by atoms with E-state index in [2.05, 4.69) is 4.72 Å². The van der Waals surface area contributed by atoms with E-state index in [9.17, 15) is 8.42 Å². The van der Waals surface area contributed by atoms with E-state index in [0.717, 1.165) is 16.7 Å². The number of anilines is 1. The van der Waals surface area contributed by atoms with Crippen LogP contribution in [0.4, 0.5) is 5.69 Å². The third-order valence-electron chi connectivity index (χ3n) is 3.63. The summed E-state index contributed by atoms with van der Waals surface area (Å²) in [6.07, 6.45) is 0.605. The molecule has 0 unspecified atom stereocenters. The number of benzene rings is 2. The van der Waals surface area contributed by atoms with Gasteiger partial charge in [-0.2, -0.15) is 0 Å². The second-order valence-electron chi connectivity index (χ2n) is 5.48. The highest BCUT2D eigenvalue weighted by molar-refractivity contribution is 7.89. The molecule has 0 atom stereocenters. The molecule has 132 valence electrons. The van der Waals surface area contributed by atoms with Crippen LogP contribution in [-0.2, 0) is 16.4 Å². The van der Waals surface area contributed by atoms with Crippen molar-refractivity contribution in [2.75, 3.05) is 19.4 Å². The first-order chi connectivity index (χ1) is 10.8. The molecule has 0 aliphatic heterocycles. The smallest absolute Gasteiger partial charge is 0.240 e. The first-order valence-electron chi connectivity index (χ1n) is 7.33. The van der Waals surface area contributed by atoms with E-state index >= 15 is 0 Å². The van der Waals surface area contributed by atoms with Gasteiger partial charge in [-0.15, -0.1) is 12.4 Å². The van der Waals surface area contributed by atoms with Gasteiger partial charge in [0, 0.05) is 12.2 Å². The zero-order chi connectivity index (χ0) is 17.0. The Morgan fingerprint density at radius 2 is 1.62 bits per heavy atom. The first-order valence-corrected chi connectivity index (χ1v) is 8.81. The van der Waals surface area contributed by atoms with Crippen molar-refractivity contribution in [1.29, 1.82) is 0 Å². The summed E-state index contributed by atoms with van der Waals surface area (Å²) in [7, 11) is -1.96. The maximum Gasteiger partial charge on any atom is 0.240 e. The van der Waals surface area contributed by atoms with Gasteiger partial charge in [-0.05, 0) is 61.2 Å². The van der Waals surface area contributed by atoms with Crippen LogP contribution in [0.1, 0.15) is 16.7 Å². The molecule has 0 aliphatic carbocycles. The number of hydrogen-bond acceptors (Lipinski definition) is 4. The Bertz CT molecular complexity index is 767. The van der Waals surface area contributed by atoms with E-state index in [0.29, 0.717) is 24.4 Å². The van der Waals surface area contributed by atoms with E-state index in [-0.39, 0.29) is 17.3 Å². The monoisotopic (exact) mass is 370 g/mol. The quantitative estimate of drug-likeness (QED) is 0.766. The average Bonchev–Trinajstić information content (AvgIpc) is 2.49. The fraction of sp³-hybridized carbons (Fsp3) is 0.294. The molecule has 0 radical (unpaired) electrons. The number of nitrogens with two attached hydrogens (primary N) is 1. The zero-order valence-electron chi connectivity index (χ0n) is 14.0. The number of methoxy groups -OCH3 is 1. The molecule has 24 heavy (non-hydrogen) atoms. The standard InChI is InChI=1S/C17H22N2O3S.ClH/c1-12-10-16(11-13(2)17(12)22-3)23(20,21)19-9-8-14-4-6-15(18)7-5-14;/h4-7,10-11,19H,8-9,18H2,1-3H3;1H. The minimum absolute atomic E-state index is 0. The van der Waals surface area contributed by atoms with Crippen molar-refractivity contribution in [3.8, 4) is 5.75 Å². The van der Waals surface area contributed by atoms with Crippen LogP contribution >= 0.6 is 12.4 Å². The van der Waals surface area contributed by atoms with Crippen LogP contribution in [0.5, 0.6) is 5.75 Å². The zero-order valence-corrected chi connectivity index (χ0v) is 15.6. The topological polar surface area (TPSA) is 81.4 Å². The highest BCUT2D eigenvalue weighted by Gasteiger charge is 2.16. The van der Waals surface area contributed by atoms with Crippen LogP contribution in [0.15, 0.2) is 41.3 Å². The second kappa shape index (κ2) is 8.37. The molecular formula is C17H23ClN2O3S. The number of sulfonamides is 1. The summed E-state index contributed by atoms with van der Waals surface area (Å²) in [6, 6.07) is 10.6. The highest BCUT2D eigenvalue weighted by Crippen LogP contribution is 2.26. The third kappa shape index (κ3) is 4.87. The molecular weight excluding hydrogens is 348 g/mol. The molecule has 0 saturated heterocycles. The number of hydrogen-bond donors (Lipinski definition) is 2. The van der Waals surface area contributed by atoms with E-state index in [1.54, 1.807) is 31.4 Å². The molecule has 3 N–H and O–H groups in total. The molecule has 2 aromatic rings. The van der Waals surface area contributed by atoms with Crippen molar-refractivity contribution in [3.63, 3.8) is 0 Å². The molecule has 2 aromatic carbocycles. The molecule has 0 aliphatic rings. The Morgan fingerprint density at radius 1 is 1.08 bits per heavy atom. The van der Waals surface area contributed by atoms with Gasteiger partial charge in [0.1, 0.15) is 5.75 Å². The Balaban J connectivity index is 0.00000288. The van der Waals surface area contributed by atoms with Gasteiger partial charge in [-0.25, -0.2) is 13.1 Å². The minimum Gasteiger partial charge on any atom is -0.496 e. The lowest BCUT2D eigenvalue weighted by Gasteiger charge is -2.12. The van der Waals surface area contributed by atoms with Gasteiger partial charge in [0.15, 0.2) is 0 Å². The highest BCUT2D eigenvalue weighted by atomic mass is 35.5. The molecule has 0 fully saturated rings. The number of nitrogens with one attached hydrogen (secondary N) is 1. The van der Waals surface area contributed by atoms with Crippen LogP contribution in [0.3, 0.4) is 0 Å². The van der Waals surface area contributed by atoms with Gasteiger partial charge < -0.3 is 10.5 Å². The number of halogens is 1. The Morgan fingerprint density at radius 3 is 2.12 bits per heavy atom. The van der Waals surface area contributed by atoms with Gasteiger partial charge in [-0.3, -0.25) is 0 Å². The van der Waals surface area contributed by atoms with Gasteiger partial charge in [0.25, 0.3) is 0 Å². The summed E-state index contributed by atoms with van der Waals surface area (Å²) in [5.41, 5.74) is 8.95. The third-order valence-corrected chi connectivity index (χ3v) is 5.07. The van der Waals surface area contributed by atoms with Crippen molar-refractivity contribution >= 4 is 28.1 Å². The maximum absolute atomic E-state index is 12.4. The maximum atomic E-state index is 12.4. The fourth-order valence-electron chi connectivity index (χ4n) is 2.49. The Hall–Kier alpha value is -1.76. The summed E-state index contributed by atoms with van der Waals surface area (Å²) < 4.78 is 32.7. The van der Waals surface area contributed by atoms with E-state index in [4.69, 9.17) is 10.5 Å². The minimum atomic E-state index is -3.54. The molecule has 0 saturated carbocycles. The number of aryl methyl sites for hydroxylation is 2. The van der Waals surface area contributed by atoms with Crippen LogP contribution in [0.2, 0.25) is 0 Å². The molecule has 0 spiro atoms. The largest absolute Gasteiger partial charge is 0.496 e. The molecule has 7 heteroatoms. The molecule has 0 heterocycles. The SMILES string of the molecule is COc1c(C)cc(S(=O)(=O)NCCc2ccc(N)cc2)cc1C.Cl. The molecule has 5 nitrogen and oxygen atoms in total. The Kier molecular flexibility index (Phi) is 7.08. The fourth-order valence-corrected chi connectivity index (χ4v) is 3.69. The van der Waals surface area contributed by atoms with E-state index in [1.165, 1.54) is 0 Å². The summed E-state index contributed by atoms with van der Waals surface area (Å²) in [4.78, 5) is 0.255.